The first-order chi connectivity index (χ1) is 10.3. The summed E-state index contributed by atoms with van der Waals surface area (Å²) in [5.41, 5.74) is 1.89. The summed E-state index contributed by atoms with van der Waals surface area (Å²) in [5, 5.41) is 7.76. The lowest BCUT2D eigenvalue weighted by molar-refractivity contribution is -0.120. The zero-order valence-electron chi connectivity index (χ0n) is 11.2. The molecule has 3 aromatic rings. The maximum Gasteiger partial charge on any atom is 0.225 e. The molecule has 0 fully saturated rings. The summed E-state index contributed by atoms with van der Waals surface area (Å²) in [5.74, 6) is 0.0237. The molecular weight excluding hydrogens is 302 g/mol. The molecule has 0 aromatic carbocycles. The standard InChI is InChI=1S/C15H13N3OS2/c19-14(7-12-4-2-6-20-12)17-9-15-18-13(10-21-15)11-3-1-5-16-8-11/h1-6,8,10H,7,9H2,(H,17,19). The highest BCUT2D eigenvalue weighted by molar-refractivity contribution is 7.10. The molecule has 0 atom stereocenters. The van der Waals surface area contributed by atoms with Crippen LogP contribution in [0.2, 0.25) is 0 Å². The molecule has 4 nitrogen and oxygen atoms in total. The van der Waals surface area contributed by atoms with E-state index in [1.54, 1.807) is 35.1 Å². The Morgan fingerprint density at radius 2 is 2.19 bits per heavy atom. The smallest absolute Gasteiger partial charge is 0.225 e. The molecule has 1 N–H and O–H groups in total. The van der Waals surface area contributed by atoms with Crippen LogP contribution in [0.4, 0.5) is 0 Å². The third-order valence-corrected chi connectivity index (χ3v) is 4.59. The van der Waals surface area contributed by atoms with Crippen molar-refractivity contribution in [1.82, 2.24) is 15.3 Å². The van der Waals surface area contributed by atoms with E-state index in [9.17, 15) is 4.79 Å². The number of aromatic nitrogens is 2. The van der Waals surface area contributed by atoms with Crippen molar-refractivity contribution in [3.05, 3.63) is 57.3 Å². The Bertz CT molecular complexity index is 708. The predicted octanol–water partition coefficient (Wildman–Crippen LogP) is 3.13. The van der Waals surface area contributed by atoms with Crippen molar-refractivity contribution in [2.75, 3.05) is 0 Å². The highest BCUT2D eigenvalue weighted by Crippen LogP contribution is 2.20. The minimum absolute atomic E-state index is 0.0237. The van der Waals surface area contributed by atoms with Crippen LogP contribution in [0, 0.1) is 0 Å². The SMILES string of the molecule is O=C(Cc1cccs1)NCc1nc(-c2cccnc2)cs1. The second kappa shape index (κ2) is 6.60. The highest BCUT2D eigenvalue weighted by Gasteiger charge is 2.07. The molecule has 0 aliphatic rings. The molecular formula is C15H13N3OS2. The molecule has 0 spiro atoms. The Balaban J connectivity index is 1.56. The largest absolute Gasteiger partial charge is 0.349 e. The molecule has 106 valence electrons. The van der Waals surface area contributed by atoms with Gasteiger partial charge in [0.05, 0.1) is 18.7 Å². The zero-order valence-corrected chi connectivity index (χ0v) is 12.8. The van der Waals surface area contributed by atoms with Crippen molar-refractivity contribution in [3.8, 4) is 11.3 Å². The number of carbonyl (C=O) groups excluding carboxylic acids is 1. The maximum atomic E-state index is 11.8. The van der Waals surface area contributed by atoms with Crippen LogP contribution in [-0.2, 0) is 17.8 Å². The van der Waals surface area contributed by atoms with E-state index in [2.05, 4.69) is 15.3 Å². The van der Waals surface area contributed by atoms with Gasteiger partial charge in [-0.05, 0) is 23.6 Å². The lowest BCUT2D eigenvalue weighted by atomic mass is 10.2. The fourth-order valence-corrected chi connectivity index (χ4v) is 3.29. The number of amides is 1. The first kappa shape index (κ1) is 13.9. The molecule has 0 radical (unpaired) electrons. The Labute approximate surface area is 130 Å². The summed E-state index contributed by atoms with van der Waals surface area (Å²) in [4.78, 5) is 21.5. The first-order valence-electron chi connectivity index (χ1n) is 6.45. The van der Waals surface area contributed by atoms with Crippen LogP contribution in [0.5, 0.6) is 0 Å². The van der Waals surface area contributed by atoms with E-state index in [1.807, 2.05) is 35.0 Å². The number of thiophene rings is 1. The average Bonchev–Trinajstić information content (AvgIpc) is 3.17. The summed E-state index contributed by atoms with van der Waals surface area (Å²) < 4.78 is 0. The van der Waals surface area contributed by atoms with Gasteiger partial charge in [0.2, 0.25) is 5.91 Å². The van der Waals surface area contributed by atoms with Gasteiger partial charge in [-0.3, -0.25) is 9.78 Å². The van der Waals surface area contributed by atoms with Gasteiger partial charge in [-0.25, -0.2) is 4.98 Å². The Hall–Kier alpha value is -2.05. The number of nitrogens with one attached hydrogen (secondary N) is 1. The molecule has 0 saturated heterocycles. The second-order valence-corrected chi connectivity index (χ2v) is 6.38. The lowest BCUT2D eigenvalue weighted by Gasteiger charge is -2.01. The molecule has 0 aliphatic carbocycles. The van der Waals surface area contributed by atoms with Gasteiger partial charge in [0.1, 0.15) is 5.01 Å². The lowest BCUT2D eigenvalue weighted by Crippen LogP contribution is -2.24. The Morgan fingerprint density at radius 3 is 2.95 bits per heavy atom. The summed E-state index contributed by atoms with van der Waals surface area (Å²) in [6.45, 7) is 0.467. The molecule has 3 rings (SSSR count). The van der Waals surface area contributed by atoms with E-state index >= 15 is 0 Å². The monoisotopic (exact) mass is 315 g/mol. The van der Waals surface area contributed by atoms with Gasteiger partial charge < -0.3 is 5.32 Å². The van der Waals surface area contributed by atoms with Crippen molar-refractivity contribution in [3.63, 3.8) is 0 Å². The molecule has 1 amide bonds. The van der Waals surface area contributed by atoms with E-state index in [0.717, 1.165) is 21.1 Å². The third kappa shape index (κ3) is 3.74. The molecule has 3 aromatic heterocycles. The van der Waals surface area contributed by atoms with Crippen molar-refractivity contribution in [2.45, 2.75) is 13.0 Å². The minimum Gasteiger partial charge on any atom is -0.349 e. The topological polar surface area (TPSA) is 54.9 Å². The summed E-state index contributed by atoms with van der Waals surface area (Å²) in [7, 11) is 0. The molecule has 0 bridgehead atoms. The number of rotatable bonds is 5. The van der Waals surface area contributed by atoms with E-state index in [-0.39, 0.29) is 5.91 Å². The van der Waals surface area contributed by atoms with Crippen LogP contribution in [0.1, 0.15) is 9.88 Å². The molecule has 0 saturated carbocycles. The van der Waals surface area contributed by atoms with Gasteiger partial charge >= 0.3 is 0 Å². The predicted molar refractivity (Wildman–Crippen MR) is 85.2 cm³/mol. The fourth-order valence-electron chi connectivity index (χ4n) is 1.85. The highest BCUT2D eigenvalue weighted by atomic mass is 32.1. The number of hydrogen-bond donors (Lipinski definition) is 1. The number of pyridine rings is 1. The van der Waals surface area contributed by atoms with Crippen molar-refractivity contribution < 1.29 is 4.79 Å². The third-order valence-electron chi connectivity index (χ3n) is 2.86. The maximum absolute atomic E-state index is 11.8. The molecule has 0 unspecified atom stereocenters. The van der Waals surface area contributed by atoms with E-state index in [4.69, 9.17) is 0 Å². The molecule has 6 heteroatoms. The van der Waals surface area contributed by atoms with Crippen LogP contribution >= 0.6 is 22.7 Å². The van der Waals surface area contributed by atoms with Gasteiger partial charge in [0, 0.05) is 28.2 Å². The Kier molecular flexibility index (Phi) is 4.37. The van der Waals surface area contributed by atoms with E-state index < -0.39 is 0 Å². The van der Waals surface area contributed by atoms with Crippen molar-refractivity contribution in [1.29, 1.82) is 0 Å². The number of hydrogen-bond acceptors (Lipinski definition) is 5. The van der Waals surface area contributed by atoms with Gasteiger partial charge in [-0.1, -0.05) is 6.07 Å². The van der Waals surface area contributed by atoms with Gasteiger partial charge in [0.25, 0.3) is 0 Å². The zero-order chi connectivity index (χ0) is 14.5. The average molecular weight is 315 g/mol. The first-order valence-corrected chi connectivity index (χ1v) is 8.21. The van der Waals surface area contributed by atoms with Crippen molar-refractivity contribution in [2.24, 2.45) is 0 Å². The van der Waals surface area contributed by atoms with Crippen LogP contribution in [0.3, 0.4) is 0 Å². The molecule has 0 aliphatic heterocycles. The van der Waals surface area contributed by atoms with Gasteiger partial charge in [-0.2, -0.15) is 0 Å². The summed E-state index contributed by atoms with van der Waals surface area (Å²) in [6, 6.07) is 7.78. The van der Waals surface area contributed by atoms with E-state index in [1.165, 1.54) is 0 Å². The number of carbonyl (C=O) groups is 1. The van der Waals surface area contributed by atoms with E-state index in [0.29, 0.717) is 13.0 Å². The van der Waals surface area contributed by atoms with Crippen LogP contribution in [-0.4, -0.2) is 15.9 Å². The van der Waals surface area contributed by atoms with Crippen LogP contribution in [0.25, 0.3) is 11.3 Å². The fraction of sp³-hybridized carbons (Fsp3) is 0.133. The quantitative estimate of drug-likeness (QED) is 0.787. The summed E-state index contributed by atoms with van der Waals surface area (Å²) in [6.07, 6.45) is 3.95. The van der Waals surface area contributed by atoms with Crippen molar-refractivity contribution >= 4 is 28.6 Å². The normalized spacial score (nSPS) is 10.5. The Morgan fingerprint density at radius 1 is 1.24 bits per heavy atom. The minimum atomic E-state index is 0.0237. The summed E-state index contributed by atoms with van der Waals surface area (Å²) >= 11 is 3.14. The van der Waals surface area contributed by atoms with Crippen LogP contribution in [0.15, 0.2) is 47.4 Å². The molecule has 3 heterocycles. The van der Waals surface area contributed by atoms with Gasteiger partial charge in [0.15, 0.2) is 0 Å². The number of thiazole rings is 1. The second-order valence-electron chi connectivity index (χ2n) is 4.40. The molecule has 21 heavy (non-hydrogen) atoms. The number of nitrogens with zero attached hydrogens (tertiary/aromatic N) is 2. The van der Waals surface area contributed by atoms with Gasteiger partial charge in [-0.15, -0.1) is 22.7 Å². The van der Waals surface area contributed by atoms with Crippen LogP contribution < -0.4 is 5.32 Å².